The maximum atomic E-state index is 5.86. The smallest absolute Gasteiger partial charge is 0.237 e. The van der Waals surface area contributed by atoms with E-state index in [1.807, 2.05) is 6.08 Å². The van der Waals surface area contributed by atoms with E-state index in [-0.39, 0.29) is 0 Å². The van der Waals surface area contributed by atoms with Crippen LogP contribution in [0.25, 0.3) is 6.08 Å². The predicted octanol–water partition coefficient (Wildman–Crippen LogP) is 3.09. The van der Waals surface area contributed by atoms with Gasteiger partial charge in [0.1, 0.15) is 0 Å². The van der Waals surface area contributed by atoms with Crippen LogP contribution in [0.2, 0.25) is 6.04 Å². The summed E-state index contributed by atoms with van der Waals surface area (Å²) in [6.45, 7) is 6.72. The third-order valence-corrected chi connectivity index (χ3v) is 4.60. The normalized spacial score (nSPS) is 10.8. The summed E-state index contributed by atoms with van der Waals surface area (Å²) in [7, 11) is 0.971. The lowest BCUT2D eigenvalue weighted by atomic mass is 10.1. The minimum atomic E-state index is -0.762. The first-order valence-electron chi connectivity index (χ1n) is 5.98. The van der Waals surface area contributed by atoms with Gasteiger partial charge in [-0.2, -0.15) is 0 Å². The Morgan fingerprint density at radius 3 is 2.88 bits per heavy atom. The summed E-state index contributed by atoms with van der Waals surface area (Å²) in [6.07, 6.45) is 3.60. The first kappa shape index (κ1) is 14.2. The van der Waals surface area contributed by atoms with Crippen LogP contribution < -0.4 is 0 Å². The molecular formula is C14H21O2Si. The molecule has 0 aliphatic rings. The molecule has 0 spiro atoms. The van der Waals surface area contributed by atoms with Crippen LogP contribution in [0.3, 0.4) is 0 Å². The van der Waals surface area contributed by atoms with Crippen molar-refractivity contribution < 1.29 is 9.16 Å². The zero-order valence-corrected chi connectivity index (χ0v) is 11.7. The highest BCUT2D eigenvalue weighted by Gasteiger charge is 2.09. The van der Waals surface area contributed by atoms with E-state index in [0.717, 1.165) is 25.3 Å². The Hall–Kier alpha value is -0.903. The lowest BCUT2D eigenvalue weighted by Crippen LogP contribution is -2.24. The number of benzene rings is 1. The Morgan fingerprint density at radius 2 is 2.24 bits per heavy atom. The summed E-state index contributed by atoms with van der Waals surface area (Å²) in [5, 5.41) is 0. The van der Waals surface area contributed by atoms with E-state index in [0.29, 0.717) is 0 Å². The summed E-state index contributed by atoms with van der Waals surface area (Å²) in [6, 6.07) is 9.50. The van der Waals surface area contributed by atoms with Crippen molar-refractivity contribution in [2.75, 3.05) is 19.9 Å². The van der Waals surface area contributed by atoms with Crippen molar-refractivity contribution in [1.29, 1.82) is 0 Å². The zero-order valence-electron chi connectivity index (χ0n) is 10.7. The molecule has 2 nitrogen and oxygen atoms in total. The average Bonchev–Trinajstić information content (AvgIpc) is 2.38. The second-order valence-corrected chi connectivity index (χ2v) is 6.23. The molecule has 1 rings (SSSR count). The third-order valence-electron chi connectivity index (χ3n) is 2.58. The van der Waals surface area contributed by atoms with Gasteiger partial charge in [-0.1, -0.05) is 43.8 Å². The van der Waals surface area contributed by atoms with Gasteiger partial charge in [0.15, 0.2) is 0 Å². The molecule has 0 saturated carbocycles. The van der Waals surface area contributed by atoms with E-state index in [4.69, 9.17) is 9.16 Å². The first-order chi connectivity index (χ1) is 8.30. The summed E-state index contributed by atoms with van der Waals surface area (Å²) < 4.78 is 11.0. The molecule has 1 aromatic rings. The standard InChI is InChI=1S/C14H21O2Si/c1-4-13-7-6-8-14(11-13)9-10-16-17(5-2)12-15-3/h4,6-8,11H,1,5,9-10,12H2,2-3H3. The molecule has 0 heterocycles. The highest BCUT2D eigenvalue weighted by Crippen LogP contribution is 2.07. The molecule has 0 unspecified atom stereocenters. The minimum absolute atomic E-state index is 0.762. The van der Waals surface area contributed by atoms with Gasteiger partial charge < -0.3 is 9.16 Å². The molecule has 0 atom stereocenters. The van der Waals surface area contributed by atoms with Crippen molar-refractivity contribution in [3.05, 3.63) is 42.0 Å². The van der Waals surface area contributed by atoms with E-state index in [2.05, 4.69) is 37.8 Å². The van der Waals surface area contributed by atoms with Crippen molar-refractivity contribution in [3.8, 4) is 0 Å². The molecule has 1 radical (unpaired) electrons. The number of methoxy groups -OCH3 is 1. The number of ether oxygens (including phenoxy) is 1. The molecular weight excluding hydrogens is 228 g/mol. The van der Waals surface area contributed by atoms with Crippen molar-refractivity contribution in [2.45, 2.75) is 19.4 Å². The van der Waals surface area contributed by atoms with E-state index >= 15 is 0 Å². The molecule has 17 heavy (non-hydrogen) atoms. The first-order valence-corrected chi connectivity index (χ1v) is 7.80. The zero-order chi connectivity index (χ0) is 12.5. The maximum Gasteiger partial charge on any atom is 0.237 e. The topological polar surface area (TPSA) is 18.5 Å². The van der Waals surface area contributed by atoms with Gasteiger partial charge in [-0.3, -0.25) is 0 Å². The van der Waals surface area contributed by atoms with Gasteiger partial charge in [-0.25, -0.2) is 0 Å². The van der Waals surface area contributed by atoms with Gasteiger partial charge >= 0.3 is 0 Å². The Kier molecular flexibility index (Phi) is 6.85. The molecule has 3 heteroatoms. The molecule has 0 aliphatic heterocycles. The molecule has 0 aromatic heterocycles. The summed E-state index contributed by atoms with van der Waals surface area (Å²) in [5.74, 6) is 0. The van der Waals surface area contributed by atoms with Gasteiger partial charge in [0.25, 0.3) is 0 Å². The second kappa shape index (κ2) is 8.23. The molecule has 0 amide bonds. The van der Waals surface area contributed by atoms with E-state index in [1.165, 1.54) is 11.1 Å². The second-order valence-electron chi connectivity index (χ2n) is 3.87. The molecule has 0 fully saturated rings. The summed E-state index contributed by atoms with van der Waals surface area (Å²) >= 11 is 0. The van der Waals surface area contributed by atoms with Crippen LogP contribution in [0, 0.1) is 0 Å². The van der Waals surface area contributed by atoms with Crippen LogP contribution in [-0.4, -0.2) is 29.0 Å². The fraction of sp³-hybridized carbons (Fsp3) is 0.429. The monoisotopic (exact) mass is 249 g/mol. The van der Waals surface area contributed by atoms with Crippen LogP contribution in [0.4, 0.5) is 0 Å². The highest BCUT2D eigenvalue weighted by atomic mass is 28.3. The number of hydrogen-bond donors (Lipinski definition) is 0. The van der Waals surface area contributed by atoms with Gasteiger partial charge in [0.05, 0.1) is 6.23 Å². The van der Waals surface area contributed by atoms with Crippen LogP contribution in [0.15, 0.2) is 30.8 Å². The largest absolute Gasteiger partial charge is 0.414 e. The fourth-order valence-electron chi connectivity index (χ4n) is 1.60. The quantitative estimate of drug-likeness (QED) is 0.659. The van der Waals surface area contributed by atoms with Crippen molar-refractivity contribution in [3.63, 3.8) is 0 Å². The van der Waals surface area contributed by atoms with Crippen LogP contribution in [-0.2, 0) is 15.6 Å². The van der Waals surface area contributed by atoms with E-state index < -0.39 is 9.04 Å². The van der Waals surface area contributed by atoms with Crippen molar-refractivity contribution in [1.82, 2.24) is 0 Å². The molecule has 0 N–H and O–H groups in total. The van der Waals surface area contributed by atoms with Crippen molar-refractivity contribution >= 4 is 15.1 Å². The maximum absolute atomic E-state index is 5.86. The van der Waals surface area contributed by atoms with Crippen molar-refractivity contribution in [2.24, 2.45) is 0 Å². The van der Waals surface area contributed by atoms with Crippen LogP contribution in [0.1, 0.15) is 18.1 Å². The summed E-state index contributed by atoms with van der Waals surface area (Å²) in [5.41, 5.74) is 2.47. The Morgan fingerprint density at radius 1 is 1.41 bits per heavy atom. The molecule has 93 valence electrons. The number of rotatable bonds is 8. The fourth-order valence-corrected chi connectivity index (χ4v) is 2.80. The van der Waals surface area contributed by atoms with E-state index in [1.54, 1.807) is 7.11 Å². The van der Waals surface area contributed by atoms with E-state index in [9.17, 15) is 0 Å². The number of hydrogen-bond acceptors (Lipinski definition) is 2. The predicted molar refractivity (Wildman–Crippen MR) is 74.3 cm³/mol. The molecule has 0 bridgehead atoms. The Bertz CT molecular complexity index is 339. The summed E-state index contributed by atoms with van der Waals surface area (Å²) in [4.78, 5) is 0. The van der Waals surface area contributed by atoms with Crippen LogP contribution in [0.5, 0.6) is 0 Å². The van der Waals surface area contributed by atoms with Gasteiger partial charge in [-0.05, 0) is 23.6 Å². The van der Waals surface area contributed by atoms with Crippen LogP contribution >= 0.6 is 0 Å². The van der Waals surface area contributed by atoms with Gasteiger partial charge in [0, 0.05) is 13.7 Å². The van der Waals surface area contributed by atoms with Gasteiger partial charge in [0.2, 0.25) is 9.04 Å². The highest BCUT2D eigenvalue weighted by molar-refractivity contribution is 6.51. The molecule has 0 saturated heterocycles. The average molecular weight is 249 g/mol. The Balaban J connectivity index is 2.36. The lowest BCUT2D eigenvalue weighted by Gasteiger charge is -2.12. The van der Waals surface area contributed by atoms with Gasteiger partial charge in [-0.15, -0.1) is 0 Å². The lowest BCUT2D eigenvalue weighted by molar-refractivity contribution is 0.217. The SMILES string of the molecule is C=Cc1cccc(CCO[Si](CC)COC)c1. The minimum Gasteiger partial charge on any atom is -0.414 e. The Labute approximate surface area is 106 Å². The molecule has 1 aromatic carbocycles. The third kappa shape index (κ3) is 5.30. The molecule has 0 aliphatic carbocycles.